The first kappa shape index (κ1) is 26.9. The molecular formula is C22H36IN7OS. The summed E-state index contributed by atoms with van der Waals surface area (Å²) in [7, 11) is 1.98. The third-order valence-corrected chi connectivity index (χ3v) is 6.31. The molecule has 0 atom stereocenters. The normalized spacial score (nSPS) is 14.8. The molecule has 2 aromatic rings. The zero-order valence-corrected chi connectivity index (χ0v) is 22.7. The number of aryl methyl sites for hydroxylation is 2. The van der Waals surface area contributed by atoms with Gasteiger partial charge in [0.25, 0.3) is 0 Å². The van der Waals surface area contributed by atoms with Crippen molar-refractivity contribution >= 4 is 41.7 Å². The monoisotopic (exact) mass is 573 g/mol. The molecule has 1 fully saturated rings. The second-order valence-corrected chi connectivity index (χ2v) is 8.64. The van der Waals surface area contributed by atoms with Crippen molar-refractivity contribution in [3.63, 3.8) is 0 Å². The van der Waals surface area contributed by atoms with Crippen LogP contribution in [0.25, 0.3) is 0 Å². The van der Waals surface area contributed by atoms with Gasteiger partial charge in [0.05, 0.1) is 26.3 Å². The van der Waals surface area contributed by atoms with Crippen LogP contribution in [0.1, 0.15) is 29.2 Å². The molecule has 3 rings (SSSR count). The van der Waals surface area contributed by atoms with Crippen molar-refractivity contribution in [2.75, 3.05) is 45.6 Å². The van der Waals surface area contributed by atoms with Crippen LogP contribution in [0.2, 0.25) is 0 Å². The Kier molecular flexibility index (Phi) is 11.8. The Labute approximate surface area is 213 Å². The van der Waals surface area contributed by atoms with Gasteiger partial charge in [-0.05, 0) is 50.3 Å². The molecule has 0 unspecified atom stereocenters. The smallest absolute Gasteiger partial charge is 0.191 e. The first-order chi connectivity index (χ1) is 15.1. The summed E-state index contributed by atoms with van der Waals surface area (Å²) >= 11 is 1.77. The summed E-state index contributed by atoms with van der Waals surface area (Å²) in [6, 6.07) is 6.54. The number of guanidine groups is 1. The van der Waals surface area contributed by atoms with Gasteiger partial charge in [0.1, 0.15) is 5.82 Å². The van der Waals surface area contributed by atoms with E-state index in [2.05, 4.69) is 57.1 Å². The Morgan fingerprint density at radius 2 is 1.97 bits per heavy atom. The van der Waals surface area contributed by atoms with Crippen molar-refractivity contribution in [1.82, 2.24) is 30.3 Å². The molecule has 10 heteroatoms. The fourth-order valence-electron chi connectivity index (χ4n) is 3.42. The number of hydrogen-bond donors (Lipinski definition) is 2. The molecule has 2 heterocycles. The predicted octanol–water partition coefficient (Wildman–Crippen LogP) is 2.73. The number of morpholine rings is 1. The quantitative estimate of drug-likeness (QED) is 0.157. The summed E-state index contributed by atoms with van der Waals surface area (Å²) in [5, 5.41) is 15.3. The summed E-state index contributed by atoms with van der Waals surface area (Å²) in [5.41, 5.74) is 2.51. The van der Waals surface area contributed by atoms with E-state index in [9.17, 15) is 0 Å². The minimum atomic E-state index is 0. The van der Waals surface area contributed by atoms with E-state index in [1.54, 1.807) is 11.8 Å². The van der Waals surface area contributed by atoms with Crippen molar-refractivity contribution in [3.8, 4) is 0 Å². The number of aliphatic imine (C=N–C) groups is 1. The molecule has 1 aromatic carbocycles. The number of hydrogen-bond acceptors (Lipinski definition) is 6. The lowest BCUT2D eigenvalue weighted by Gasteiger charge is -2.26. The molecule has 178 valence electrons. The SMILES string of the molecule is CSc1cc(C)ccc1CN=C(NCCCN1CCOCC1)NCc1nnc(C)n1C.I. The lowest BCUT2D eigenvalue weighted by atomic mass is 10.1. The molecule has 1 aliphatic rings. The van der Waals surface area contributed by atoms with Crippen LogP contribution >= 0.6 is 35.7 Å². The number of nitrogens with one attached hydrogen (secondary N) is 2. The summed E-state index contributed by atoms with van der Waals surface area (Å²) in [4.78, 5) is 8.59. The van der Waals surface area contributed by atoms with E-state index in [4.69, 9.17) is 9.73 Å². The number of nitrogens with zero attached hydrogens (tertiary/aromatic N) is 5. The van der Waals surface area contributed by atoms with Gasteiger partial charge in [-0.3, -0.25) is 4.90 Å². The number of thioether (sulfide) groups is 1. The molecule has 1 aliphatic heterocycles. The van der Waals surface area contributed by atoms with Gasteiger partial charge in [0, 0.05) is 31.6 Å². The van der Waals surface area contributed by atoms with Crippen LogP contribution in [0.5, 0.6) is 0 Å². The highest BCUT2D eigenvalue weighted by molar-refractivity contribution is 14.0. The minimum Gasteiger partial charge on any atom is -0.379 e. The summed E-state index contributed by atoms with van der Waals surface area (Å²) in [6.45, 7) is 11.0. The maximum Gasteiger partial charge on any atom is 0.191 e. The van der Waals surface area contributed by atoms with Crippen LogP contribution in [0.15, 0.2) is 28.1 Å². The Hall–Kier alpha value is -1.37. The largest absolute Gasteiger partial charge is 0.379 e. The molecule has 1 aromatic heterocycles. The Morgan fingerprint density at radius 1 is 1.19 bits per heavy atom. The zero-order chi connectivity index (χ0) is 22.1. The van der Waals surface area contributed by atoms with E-state index in [1.807, 2.05) is 18.5 Å². The highest BCUT2D eigenvalue weighted by atomic mass is 127. The molecule has 0 radical (unpaired) electrons. The van der Waals surface area contributed by atoms with Crippen LogP contribution in [0, 0.1) is 13.8 Å². The van der Waals surface area contributed by atoms with E-state index >= 15 is 0 Å². The number of halogens is 1. The summed E-state index contributed by atoms with van der Waals surface area (Å²) in [5.74, 6) is 2.59. The molecule has 0 aliphatic carbocycles. The van der Waals surface area contributed by atoms with E-state index in [0.29, 0.717) is 13.1 Å². The Balaban J connectivity index is 0.00000363. The number of aromatic nitrogens is 3. The number of benzene rings is 1. The van der Waals surface area contributed by atoms with Crippen LogP contribution < -0.4 is 10.6 Å². The molecule has 0 bridgehead atoms. The van der Waals surface area contributed by atoms with Gasteiger partial charge in [-0.2, -0.15) is 0 Å². The molecule has 0 saturated carbocycles. The van der Waals surface area contributed by atoms with E-state index in [0.717, 1.165) is 63.4 Å². The first-order valence-electron chi connectivity index (χ1n) is 10.9. The van der Waals surface area contributed by atoms with Crippen LogP contribution in [-0.2, 0) is 24.9 Å². The fraction of sp³-hybridized carbons (Fsp3) is 0.591. The van der Waals surface area contributed by atoms with Crippen molar-refractivity contribution in [3.05, 3.63) is 41.0 Å². The van der Waals surface area contributed by atoms with Gasteiger partial charge < -0.3 is 19.9 Å². The molecule has 0 spiro atoms. The van der Waals surface area contributed by atoms with Gasteiger partial charge in [0.15, 0.2) is 11.8 Å². The molecule has 2 N–H and O–H groups in total. The van der Waals surface area contributed by atoms with Gasteiger partial charge in [-0.25, -0.2) is 4.99 Å². The second-order valence-electron chi connectivity index (χ2n) is 7.79. The first-order valence-corrected chi connectivity index (χ1v) is 12.1. The fourth-order valence-corrected chi connectivity index (χ4v) is 4.12. The topological polar surface area (TPSA) is 79.6 Å². The van der Waals surface area contributed by atoms with Crippen LogP contribution in [-0.4, -0.2) is 71.3 Å². The summed E-state index contributed by atoms with van der Waals surface area (Å²) < 4.78 is 7.42. The standard InChI is InChI=1S/C22H35N7OS.HI/c1-17-6-7-19(20(14-17)31-4)15-24-22(25-16-21-27-26-18(2)28(21)3)23-8-5-9-29-10-12-30-13-11-29;/h6-7,14H,5,8-13,15-16H2,1-4H3,(H2,23,24,25);1H. The molecule has 8 nitrogen and oxygen atoms in total. The van der Waals surface area contributed by atoms with Crippen LogP contribution in [0.3, 0.4) is 0 Å². The second kappa shape index (κ2) is 14.0. The molecule has 1 saturated heterocycles. The van der Waals surface area contributed by atoms with Crippen molar-refractivity contribution < 1.29 is 4.74 Å². The highest BCUT2D eigenvalue weighted by Crippen LogP contribution is 2.22. The zero-order valence-electron chi connectivity index (χ0n) is 19.6. The average Bonchev–Trinajstić information content (AvgIpc) is 3.11. The van der Waals surface area contributed by atoms with E-state index in [1.165, 1.54) is 16.0 Å². The maximum absolute atomic E-state index is 5.43. The van der Waals surface area contributed by atoms with Gasteiger partial charge in [-0.1, -0.05) is 12.1 Å². The Bertz CT molecular complexity index is 868. The van der Waals surface area contributed by atoms with E-state index < -0.39 is 0 Å². The molecule has 0 amide bonds. The van der Waals surface area contributed by atoms with Gasteiger partial charge >= 0.3 is 0 Å². The third-order valence-electron chi connectivity index (χ3n) is 5.49. The average molecular weight is 574 g/mol. The Morgan fingerprint density at radius 3 is 2.66 bits per heavy atom. The number of rotatable bonds is 9. The molecule has 32 heavy (non-hydrogen) atoms. The van der Waals surface area contributed by atoms with E-state index in [-0.39, 0.29) is 24.0 Å². The minimum absolute atomic E-state index is 0. The number of ether oxygens (including phenoxy) is 1. The van der Waals surface area contributed by atoms with Crippen molar-refractivity contribution in [1.29, 1.82) is 0 Å². The van der Waals surface area contributed by atoms with Crippen molar-refractivity contribution in [2.45, 2.75) is 38.3 Å². The predicted molar refractivity (Wildman–Crippen MR) is 142 cm³/mol. The van der Waals surface area contributed by atoms with Gasteiger partial charge in [-0.15, -0.1) is 45.9 Å². The molecular weight excluding hydrogens is 537 g/mol. The lowest BCUT2D eigenvalue weighted by Crippen LogP contribution is -2.40. The van der Waals surface area contributed by atoms with Crippen molar-refractivity contribution in [2.24, 2.45) is 12.0 Å². The third kappa shape index (κ3) is 8.20. The lowest BCUT2D eigenvalue weighted by molar-refractivity contribution is 0.0376. The van der Waals surface area contributed by atoms with Crippen LogP contribution in [0.4, 0.5) is 0 Å². The summed E-state index contributed by atoms with van der Waals surface area (Å²) in [6.07, 6.45) is 3.17. The van der Waals surface area contributed by atoms with Gasteiger partial charge in [0.2, 0.25) is 0 Å². The highest BCUT2D eigenvalue weighted by Gasteiger charge is 2.10. The maximum atomic E-state index is 5.43.